The number of nitrogens with zero attached hydrogens (tertiary/aromatic N) is 5. The number of pyridine rings is 1. The predicted octanol–water partition coefficient (Wildman–Crippen LogP) is 3.53. The van der Waals surface area contributed by atoms with E-state index in [-0.39, 0.29) is 11.6 Å². The van der Waals surface area contributed by atoms with Gasteiger partial charge in [0, 0.05) is 17.6 Å². The first-order valence-electron chi connectivity index (χ1n) is 10.2. The van der Waals surface area contributed by atoms with E-state index in [9.17, 15) is 14.6 Å². The van der Waals surface area contributed by atoms with E-state index < -0.39 is 36.4 Å². The molecule has 2 unspecified atom stereocenters. The molecule has 178 valence electrons. The monoisotopic (exact) mass is 549 g/mol. The highest BCUT2D eigenvalue weighted by Gasteiger charge is 2.47. The second-order valence-corrected chi connectivity index (χ2v) is 9.72. The third kappa shape index (κ3) is 4.86. The first-order chi connectivity index (χ1) is 16.4. The average molecular weight is 550 g/mol. The number of hydrogen-bond donors (Lipinski definition) is 2. The van der Waals surface area contributed by atoms with E-state index in [0.717, 1.165) is 0 Å². The van der Waals surface area contributed by atoms with Crippen LogP contribution in [0.2, 0.25) is 0 Å². The van der Waals surface area contributed by atoms with Crippen molar-refractivity contribution in [2.45, 2.75) is 41.6 Å². The molecule has 0 bridgehead atoms. The van der Waals surface area contributed by atoms with Gasteiger partial charge in [-0.25, -0.2) is 9.07 Å². The van der Waals surface area contributed by atoms with Gasteiger partial charge < -0.3 is 24.5 Å². The lowest BCUT2D eigenvalue weighted by molar-refractivity contribution is -0.186. The van der Waals surface area contributed by atoms with E-state index in [1.165, 1.54) is 35.8 Å². The molecule has 2 N–H and O–H groups in total. The SMILES string of the molecule is [C-]#[N+]c1ncc(Br)cc1S[C@H]1OC(CO)[C@H](O)[C@H](n2cc(-c3ccc(C)c(F)c3)nn2)C1OC. The summed E-state index contributed by atoms with van der Waals surface area (Å²) in [6.45, 7) is 8.62. The number of hydrogen-bond acceptors (Lipinski definition) is 8. The number of aliphatic hydroxyl groups excluding tert-OH is 2. The Hall–Kier alpha value is -2.40. The third-order valence-corrected chi connectivity index (χ3v) is 7.13. The summed E-state index contributed by atoms with van der Waals surface area (Å²) in [6.07, 6.45) is 0.286. The number of aryl methyl sites for hydroxylation is 1. The maximum Gasteiger partial charge on any atom is 0.283 e. The molecule has 4 rings (SSSR count). The van der Waals surface area contributed by atoms with Gasteiger partial charge in [0.25, 0.3) is 5.82 Å². The van der Waals surface area contributed by atoms with Crippen LogP contribution >= 0.6 is 27.7 Å². The molecule has 3 aromatic rings. The molecule has 2 aromatic heterocycles. The predicted molar refractivity (Wildman–Crippen MR) is 126 cm³/mol. The molecular weight excluding hydrogens is 529 g/mol. The zero-order valence-corrected chi connectivity index (χ0v) is 20.6. The van der Waals surface area contributed by atoms with Crippen molar-refractivity contribution >= 4 is 33.5 Å². The van der Waals surface area contributed by atoms with Crippen molar-refractivity contribution in [3.05, 3.63) is 63.9 Å². The summed E-state index contributed by atoms with van der Waals surface area (Å²) in [7, 11) is 1.47. The molecule has 12 heteroatoms. The van der Waals surface area contributed by atoms with E-state index in [4.69, 9.17) is 16.0 Å². The lowest BCUT2D eigenvalue weighted by Crippen LogP contribution is -2.55. The molecule has 0 amide bonds. The van der Waals surface area contributed by atoms with Crippen molar-refractivity contribution in [3.63, 3.8) is 0 Å². The Labute approximate surface area is 207 Å². The number of halogens is 2. The minimum Gasteiger partial charge on any atom is -0.394 e. The van der Waals surface area contributed by atoms with E-state index in [2.05, 4.69) is 36.1 Å². The lowest BCUT2D eigenvalue weighted by Gasteiger charge is -2.43. The second kappa shape index (κ2) is 10.5. The van der Waals surface area contributed by atoms with Crippen LogP contribution < -0.4 is 0 Å². The van der Waals surface area contributed by atoms with Crippen LogP contribution in [0.5, 0.6) is 0 Å². The number of aliphatic hydroxyl groups is 2. The van der Waals surface area contributed by atoms with E-state index in [1.807, 2.05) is 0 Å². The van der Waals surface area contributed by atoms with Crippen molar-refractivity contribution in [2.75, 3.05) is 13.7 Å². The highest BCUT2D eigenvalue weighted by molar-refractivity contribution is 9.10. The van der Waals surface area contributed by atoms with Crippen molar-refractivity contribution in [3.8, 4) is 11.3 Å². The van der Waals surface area contributed by atoms with Gasteiger partial charge in [-0.3, -0.25) is 0 Å². The normalized spacial score (nSPS) is 24.7. The van der Waals surface area contributed by atoms with Gasteiger partial charge in [0.1, 0.15) is 47.5 Å². The first kappa shape index (κ1) is 24.7. The van der Waals surface area contributed by atoms with Crippen LogP contribution in [0.1, 0.15) is 11.6 Å². The summed E-state index contributed by atoms with van der Waals surface area (Å²) in [5, 5.41) is 29.2. The van der Waals surface area contributed by atoms with Gasteiger partial charge in [-0.1, -0.05) is 23.9 Å². The highest BCUT2D eigenvalue weighted by Crippen LogP contribution is 2.42. The zero-order chi connectivity index (χ0) is 24.4. The number of thioether (sulfide) groups is 1. The standard InChI is InChI=1S/C22H21BrFN5O4S/c1-11-4-5-12(6-14(11)24)15-9-29(28-27-15)18-19(31)16(10-30)33-22(20(18)32-3)34-17-7-13(23)8-26-21(17)25-2/h4-9,16,18-20,22,30-31H,10H2,1,3H3/t16?,18-,19-,20?,22+/m0/s1. The third-order valence-electron chi connectivity index (χ3n) is 5.53. The molecule has 1 aliphatic heterocycles. The Morgan fingerprint density at radius 3 is 2.85 bits per heavy atom. The Morgan fingerprint density at radius 2 is 2.18 bits per heavy atom. The molecule has 0 aliphatic carbocycles. The van der Waals surface area contributed by atoms with Gasteiger partial charge in [-0.05, 0) is 40.5 Å². The number of rotatable bonds is 6. The minimum absolute atomic E-state index is 0.194. The Morgan fingerprint density at radius 1 is 1.38 bits per heavy atom. The maximum absolute atomic E-state index is 14.1. The van der Waals surface area contributed by atoms with Crippen LogP contribution in [-0.4, -0.2) is 67.7 Å². The smallest absolute Gasteiger partial charge is 0.283 e. The van der Waals surface area contributed by atoms with Gasteiger partial charge in [0.15, 0.2) is 0 Å². The molecule has 34 heavy (non-hydrogen) atoms. The molecular formula is C22H21BrFN5O4S. The van der Waals surface area contributed by atoms with Crippen molar-refractivity contribution in [1.29, 1.82) is 0 Å². The van der Waals surface area contributed by atoms with Crippen molar-refractivity contribution in [2.24, 2.45) is 0 Å². The van der Waals surface area contributed by atoms with Crippen LogP contribution in [-0.2, 0) is 9.47 Å². The van der Waals surface area contributed by atoms with Gasteiger partial charge in [-0.15, -0.1) is 21.8 Å². The number of ether oxygens (including phenoxy) is 2. The number of aromatic nitrogens is 4. The summed E-state index contributed by atoms with van der Waals surface area (Å²) in [5.41, 5.74) is 0.763. The van der Waals surface area contributed by atoms with Crippen LogP contribution in [0.3, 0.4) is 0 Å². The second-order valence-electron chi connectivity index (χ2n) is 7.66. The highest BCUT2D eigenvalue weighted by atomic mass is 79.9. The maximum atomic E-state index is 14.1. The topological polar surface area (TPSA) is 107 Å². The Balaban J connectivity index is 1.68. The van der Waals surface area contributed by atoms with E-state index in [0.29, 0.717) is 26.2 Å². The van der Waals surface area contributed by atoms with Gasteiger partial charge in [0.05, 0.1) is 17.3 Å². The van der Waals surface area contributed by atoms with E-state index in [1.54, 1.807) is 31.3 Å². The van der Waals surface area contributed by atoms with Crippen LogP contribution in [0, 0.1) is 19.3 Å². The fourth-order valence-corrected chi connectivity index (χ4v) is 5.46. The van der Waals surface area contributed by atoms with Crippen molar-refractivity contribution < 1.29 is 24.1 Å². The summed E-state index contributed by atoms with van der Waals surface area (Å²) in [5.74, 6) is -0.165. The van der Waals surface area contributed by atoms with E-state index >= 15 is 0 Å². The summed E-state index contributed by atoms with van der Waals surface area (Å²) < 4.78 is 27.9. The molecule has 1 aliphatic rings. The molecule has 0 saturated carbocycles. The van der Waals surface area contributed by atoms with Crippen molar-refractivity contribution in [1.82, 2.24) is 20.0 Å². The number of benzene rings is 1. The first-order valence-corrected chi connectivity index (χ1v) is 11.9. The molecule has 3 heterocycles. The molecule has 1 saturated heterocycles. The van der Waals surface area contributed by atoms with Gasteiger partial charge in [-0.2, -0.15) is 0 Å². The Kier molecular flexibility index (Phi) is 7.61. The fourth-order valence-electron chi connectivity index (χ4n) is 3.73. The molecule has 0 spiro atoms. The van der Waals surface area contributed by atoms with Crippen LogP contribution in [0.4, 0.5) is 10.2 Å². The zero-order valence-electron chi connectivity index (χ0n) is 18.2. The Bertz CT molecular complexity index is 1220. The molecule has 5 atom stereocenters. The largest absolute Gasteiger partial charge is 0.394 e. The van der Waals surface area contributed by atoms with Crippen LogP contribution in [0.15, 0.2) is 46.0 Å². The minimum atomic E-state index is -1.17. The quantitative estimate of drug-likeness (QED) is 0.450. The molecule has 1 fully saturated rings. The van der Waals surface area contributed by atoms with Gasteiger partial charge >= 0.3 is 0 Å². The summed E-state index contributed by atoms with van der Waals surface area (Å²) >= 11 is 4.56. The molecule has 9 nitrogen and oxygen atoms in total. The van der Waals surface area contributed by atoms with Gasteiger partial charge in [0.2, 0.25) is 0 Å². The molecule has 0 radical (unpaired) electrons. The average Bonchev–Trinajstić information content (AvgIpc) is 3.31. The fraction of sp³-hybridized carbons (Fsp3) is 0.364. The summed E-state index contributed by atoms with van der Waals surface area (Å²) in [4.78, 5) is 8.13. The lowest BCUT2D eigenvalue weighted by atomic mass is 9.97. The molecule has 1 aromatic carbocycles. The summed E-state index contributed by atoms with van der Waals surface area (Å²) in [6, 6.07) is 5.73. The number of methoxy groups -OCH3 is 1. The van der Waals surface area contributed by atoms with Crippen LogP contribution in [0.25, 0.3) is 16.1 Å².